The first-order chi connectivity index (χ1) is 12.3. The molecule has 0 unspecified atom stereocenters. The summed E-state index contributed by atoms with van der Waals surface area (Å²) in [6, 6.07) is 8.36. The molecule has 8 heteroatoms. The maximum absolute atomic E-state index is 12.5. The van der Waals surface area contributed by atoms with Gasteiger partial charge in [0.2, 0.25) is 10.0 Å². The molecule has 3 rings (SSSR count). The van der Waals surface area contributed by atoms with Gasteiger partial charge in [-0.25, -0.2) is 18.1 Å². The van der Waals surface area contributed by atoms with E-state index in [0.29, 0.717) is 36.8 Å². The van der Waals surface area contributed by atoms with Crippen molar-refractivity contribution in [1.29, 1.82) is 0 Å². The van der Waals surface area contributed by atoms with Gasteiger partial charge in [0.15, 0.2) is 0 Å². The Morgan fingerprint density at radius 3 is 2.62 bits per heavy atom. The second-order valence-electron chi connectivity index (χ2n) is 6.74. The first-order valence-corrected chi connectivity index (χ1v) is 10.3. The summed E-state index contributed by atoms with van der Waals surface area (Å²) in [5.74, 6) is 0.982. The predicted octanol–water partition coefficient (Wildman–Crippen LogP) is 2.87. The van der Waals surface area contributed by atoms with Gasteiger partial charge < -0.3 is 4.57 Å². The summed E-state index contributed by atoms with van der Waals surface area (Å²) in [5.41, 5.74) is 3.12. The molecule has 1 aromatic carbocycles. The summed E-state index contributed by atoms with van der Waals surface area (Å²) < 4.78 is 29.8. The predicted molar refractivity (Wildman–Crippen MR) is 102 cm³/mol. The van der Waals surface area contributed by atoms with E-state index in [4.69, 9.17) is 4.98 Å². The first-order valence-electron chi connectivity index (χ1n) is 8.78. The fourth-order valence-corrected chi connectivity index (χ4v) is 4.75. The van der Waals surface area contributed by atoms with Crippen molar-refractivity contribution in [3.05, 3.63) is 41.5 Å². The Labute approximate surface area is 153 Å². The van der Waals surface area contributed by atoms with Crippen molar-refractivity contribution in [3.63, 3.8) is 0 Å². The zero-order chi connectivity index (χ0) is 18.9. The van der Waals surface area contributed by atoms with Crippen LogP contribution in [0, 0.1) is 13.8 Å². The van der Waals surface area contributed by atoms with Gasteiger partial charge in [-0.1, -0.05) is 12.1 Å². The van der Waals surface area contributed by atoms with E-state index in [2.05, 4.69) is 39.4 Å². The second kappa shape index (κ2) is 7.20. The summed E-state index contributed by atoms with van der Waals surface area (Å²) in [6.07, 6.45) is 1.38. The zero-order valence-corrected chi connectivity index (χ0v) is 16.4. The third-order valence-electron chi connectivity index (χ3n) is 4.38. The molecule has 0 saturated carbocycles. The number of nitrogens with one attached hydrogen (secondary N) is 2. The van der Waals surface area contributed by atoms with Gasteiger partial charge in [0.1, 0.15) is 10.7 Å². The Kier molecular flexibility index (Phi) is 5.15. The normalized spacial score (nSPS) is 12.3. The number of aryl methyl sites for hydroxylation is 3. The van der Waals surface area contributed by atoms with Gasteiger partial charge in [0.25, 0.3) is 0 Å². The van der Waals surface area contributed by atoms with Gasteiger partial charge in [0, 0.05) is 19.0 Å². The minimum Gasteiger partial charge on any atom is -0.325 e. The van der Waals surface area contributed by atoms with Gasteiger partial charge in [0.05, 0.1) is 22.4 Å². The minimum atomic E-state index is -3.55. The van der Waals surface area contributed by atoms with Crippen LogP contribution in [0.15, 0.2) is 29.2 Å². The van der Waals surface area contributed by atoms with Crippen LogP contribution in [0.2, 0.25) is 0 Å². The summed E-state index contributed by atoms with van der Waals surface area (Å²) in [4.78, 5) is 4.96. The van der Waals surface area contributed by atoms with Crippen molar-refractivity contribution in [1.82, 2.24) is 24.5 Å². The van der Waals surface area contributed by atoms with E-state index >= 15 is 0 Å². The molecule has 0 spiro atoms. The van der Waals surface area contributed by atoms with Crippen LogP contribution >= 0.6 is 0 Å². The molecule has 0 atom stereocenters. The van der Waals surface area contributed by atoms with Gasteiger partial charge in [-0.2, -0.15) is 5.10 Å². The van der Waals surface area contributed by atoms with E-state index in [0.717, 1.165) is 16.9 Å². The van der Waals surface area contributed by atoms with Gasteiger partial charge in [-0.15, -0.1) is 0 Å². The first kappa shape index (κ1) is 18.6. The van der Waals surface area contributed by atoms with Crippen molar-refractivity contribution in [3.8, 4) is 0 Å². The standard InChI is InChI=1S/C18H25N5O2S/c1-12(2)23-16-9-6-5-8-15(16)20-17(23)10-7-11-19-26(24,25)18-13(3)21-22-14(18)4/h5-6,8-9,12,19H,7,10-11H2,1-4H3,(H,21,22). The average Bonchev–Trinajstić information content (AvgIpc) is 3.11. The molecule has 0 saturated heterocycles. The van der Waals surface area contributed by atoms with Gasteiger partial charge in [-0.3, -0.25) is 5.10 Å². The van der Waals surface area contributed by atoms with Crippen LogP contribution in [-0.2, 0) is 16.4 Å². The number of nitrogens with zero attached hydrogens (tertiary/aromatic N) is 3. The van der Waals surface area contributed by atoms with Crippen molar-refractivity contribution in [2.75, 3.05) is 6.54 Å². The van der Waals surface area contributed by atoms with E-state index in [9.17, 15) is 8.42 Å². The van der Waals surface area contributed by atoms with E-state index in [1.165, 1.54) is 0 Å². The molecule has 0 aliphatic rings. The fourth-order valence-electron chi connectivity index (χ4n) is 3.31. The highest BCUT2D eigenvalue weighted by Gasteiger charge is 2.21. The molecule has 26 heavy (non-hydrogen) atoms. The molecule has 2 N–H and O–H groups in total. The SMILES string of the molecule is Cc1n[nH]c(C)c1S(=O)(=O)NCCCc1nc2ccccc2n1C(C)C. The number of imidazole rings is 1. The van der Waals surface area contributed by atoms with Crippen molar-refractivity contribution in [2.45, 2.75) is 51.5 Å². The summed E-state index contributed by atoms with van der Waals surface area (Å²) in [5, 5.41) is 6.67. The third kappa shape index (κ3) is 3.52. The lowest BCUT2D eigenvalue weighted by molar-refractivity contribution is 0.563. The van der Waals surface area contributed by atoms with Crippen LogP contribution in [0.5, 0.6) is 0 Å². The summed E-state index contributed by atoms with van der Waals surface area (Å²) in [6.45, 7) is 8.01. The molecule has 2 heterocycles. The number of para-hydroxylation sites is 2. The Morgan fingerprint density at radius 2 is 1.96 bits per heavy atom. The largest absolute Gasteiger partial charge is 0.325 e. The molecule has 0 fully saturated rings. The number of aromatic amines is 1. The molecule has 140 valence electrons. The van der Waals surface area contributed by atoms with Crippen LogP contribution in [0.3, 0.4) is 0 Å². The Hall–Kier alpha value is -2.19. The Bertz CT molecular complexity index is 998. The summed E-state index contributed by atoms with van der Waals surface area (Å²) >= 11 is 0. The molecule has 7 nitrogen and oxygen atoms in total. The van der Waals surface area contributed by atoms with Crippen molar-refractivity contribution in [2.24, 2.45) is 0 Å². The van der Waals surface area contributed by atoms with E-state index < -0.39 is 10.0 Å². The van der Waals surface area contributed by atoms with Crippen molar-refractivity contribution >= 4 is 21.1 Å². The maximum Gasteiger partial charge on any atom is 0.244 e. The smallest absolute Gasteiger partial charge is 0.244 e. The lowest BCUT2D eigenvalue weighted by Crippen LogP contribution is -2.26. The molecular weight excluding hydrogens is 350 g/mol. The Morgan fingerprint density at radius 1 is 1.23 bits per heavy atom. The lowest BCUT2D eigenvalue weighted by Gasteiger charge is -2.13. The number of rotatable bonds is 7. The van der Waals surface area contributed by atoms with Crippen molar-refractivity contribution < 1.29 is 8.42 Å². The molecule has 0 aliphatic carbocycles. The van der Waals surface area contributed by atoms with Crippen LogP contribution in [0.1, 0.15) is 43.5 Å². The van der Waals surface area contributed by atoms with E-state index in [1.807, 2.05) is 18.2 Å². The zero-order valence-electron chi connectivity index (χ0n) is 15.6. The van der Waals surface area contributed by atoms with Crippen LogP contribution < -0.4 is 4.72 Å². The molecule has 0 amide bonds. The quantitative estimate of drug-likeness (QED) is 0.621. The second-order valence-corrected chi connectivity index (χ2v) is 8.45. The topological polar surface area (TPSA) is 92.7 Å². The Balaban J connectivity index is 1.69. The number of H-pyrrole nitrogens is 1. The molecule has 0 aliphatic heterocycles. The van der Waals surface area contributed by atoms with E-state index in [-0.39, 0.29) is 4.90 Å². The number of benzene rings is 1. The number of sulfonamides is 1. The highest BCUT2D eigenvalue weighted by Crippen LogP contribution is 2.22. The highest BCUT2D eigenvalue weighted by atomic mass is 32.2. The van der Waals surface area contributed by atoms with Crippen LogP contribution in [-0.4, -0.2) is 34.7 Å². The third-order valence-corrected chi connectivity index (χ3v) is 6.11. The maximum atomic E-state index is 12.5. The molecule has 2 aromatic heterocycles. The molecule has 0 radical (unpaired) electrons. The molecule has 3 aromatic rings. The van der Waals surface area contributed by atoms with Gasteiger partial charge in [-0.05, 0) is 46.2 Å². The number of fused-ring (bicyclic) bond motifs is 1. The monoisotopic (exact) mass is 375 g/mol. The van der Waals surface area contributed by atoms with Crippen LogP contribution in [0.4, 0.5) is 0 Å². The van der Waals surface area contributed by atoms with Gasteiger partial charge >= 0.3 is 0 Å². The number of hydrogen-bond donors (Lipinski definition) is 2. The van der Waals surface area contributed by atoms with Crippen LogP contribution in [0.25, 0.3) is 11.0 Å². The minimum absolute atomic E-state index is 0.243. The summed E-state index contributed by atoms with van der Waals surface area (Å²) in [7, 11) is -3.55. The number of hydrogen-bond acceptors (Lipinski definition) is 4. The lowest BCUT2D eigenvalue weighted by atomic mass is 10.2. The fraction of sp³-hybridized carbons (Fsp3) is 0.444. The molecule has 0 bridgehead atoms. The average molecular weight is 375 g/mol. The highest BCUT2D eigenvalue weighted by molar-refractivity contribution is 7.89. The number of aromatic nitrogens is 4. The molecular formula is C18H25N5O2S. The van der Waals surface area contributed by atoms with E-state index in [1.54, 1.807) is 13.8 Å².